The smallest absolute Gasteiger partial charge is 0.186 e. The van der Waals surface area contributed by atoms with E-state index in [0.717, 1.165) is 61.1 Å². The molecule has 1 saturated heterocycles. The number of aromatic nitrogens is 5. The normalized spacial score (nSPS) is 18.5. The van der Waals surface area contributed by atoms with Crippen LogP contribution in [0.5, 0.6) is 11.5 Å². The van der Waals surface area contributed by atoms with Gasteiger partial charge >= 0.3 is 0 Å². The first-order valence-corrected chi connectivity index (χ1v) is 13.5. The molecule has 1 saturated carbocycles. The molecule has 2 aromatic carbocycles. The van der Waals surface area contributed by atoms with E-state index in [-0.39, 0.29) is 11.8 Å². The molecule has 1 atom stereocenters. The Morgan fingerprint density at radius 1 is 1.03 bits per heavy atom. The average molecular weight is 506 g/mol. The molecule has 6 rings (SSSR count). The number of fused-ring (bicyclic) bond motifs is 1. The van der Waals surface area contributed by atoms with E-state index in [0.29, 0.717) is 11.8 Å². The molecule has 1 aliphatic heterocycles. The lowest BCUT2D eigenvalue weighted by Crippen LogP contribution is -2.48. The zero-order valence-corrected chi connectivity index (χ0v) is 21.3. The number of methoxy groups -OCH3 is 1. The summed E-state index contributed by atoms with van der Waals surface area (Å²) in [5.74, 6) is 1.46. The highest BCUT2D eigenvalue weighted by molar-refractivity contribution is 7.22. The zero-order chi connectivity index (χ0) is 24.5. The second kappa shape index (κ2) is 10.0. The van der Waals surface area contributed by atoms with Crippen LogP contribution in [0.1, 0.15) is 55.6 Å². The minimum absolute atomic E-state index is 0.131. The van der Waals surface area contributed by atoms with Crippen molar-refractivity contribution in [3.8, 4) is 11.5 Å². The van der Waals surface area contributed by atoms with Crippen LogP contribution >= 0.6 is 11.3 Å². The van der Waals surface area contributed by atoms with Gasteiger partial charge in [0, 0.05) is 26.2 Å². The quantitative estimate of drug-likeness (QED) is 0.412. The SMILES string of the molecule is COc1cc([C@@H](c2nnnn2C2CCCCC2)N2CCN(c3nc4ccccc4s3)CC2)ccc1O. The number of hydrogen-bond donors (Lipinski definition) is 1. The molecule has 2 aliphatic rings. The molecule has 0 radical (unpaired) electrons. The van der Waals surface area contributed by atoms with Gasteiger partial charge in [-0.1, -0.05) is 48.8 Å². The van der Waals surface area contributed by atoms with E-state index in [1.54, 1.807) is 24.5 Å². The van der Waals surface area contributed by atoms with Crippen LogP contribution in [0.2, 0.25) is 0 Å². The fourth-order valence-electron chi connectivity index (χ4n) is 5.52. The summed E-state index contributed by atoms with van der Waals surface area (Å²) in [6.45, 7) is 3.44. The summed E-state index contributed by atoms with van der Waals surface area (Å²) in [7, 11) is 1.58. The second-order valence-electron chi connectivity index (χ2n) is 9.59. The Balaban J connectivity index is 1.30. The van der Waals surface area contributed by atoms with Gasteiger partial charge in [0.1, 0.15) is 0 Å². The van der Waals surface area contributed by atoms with Crippen molar-refractivity contribution >= 4 is 26.7 Å². The molecule has 1 N–H and O–H groups in total. The number of tetrazole rings is 1. The van der Waals surface area contributed by atoms with Crippen molar-refractivity contribution in [2.45, 2.75) is 44.2 Å². The van der Waals surface area contributed by atoms with Crippen molar-refractivity contribution in [3.63, 3.8) is 0 Å². The molecular formula is C26H31N7O2S. The van der Waals surface area contributed by atoms with Crippen molar-refractivity contribution in [3.05, 3.63) is 53.9 Å². The van der Waals surface area contributed by atoms with Crippen LogP contribution < -0.4 is 9.64 Å². The molecule has 3 heterocycles. The summed E-state index contributed by atoms with van der Waals surface area (Å²) in [4.78, 5) is 9.69. The third-order valence-corrected chi connectivity index (χ3v) is 8.53. The fourth-order valence-corrected chi connectivity index (χ4v) is 6.54. The summed E-state index contributed by atoms with van der Waals surface area (Å²) in [6, 6.07) is 14.1. The fraction of sp³-hybridized carbons (Fsp3) is 0.462. The number of anilines is 1. The van der Waals surface area contributed by atoms with Gasteiger partial charge in [0.2, 0.25) is 0 Å². The van der Waals surface area contributed by atoms with Crippen LogP contribution in [-0.4, -0.2) is 68.5 Å². The van der Waals surface area contributed by atoms with E-state index in [4.69, 9.17) is 9.72 Å². The number of phenolic OH excluding ortho intramolecular Hbond substituents is 1. The lowest BCUT2D eigenvalue weighted by molar-refractivity contribution is 0.193. The van der Waals surface area contributed by atoms with Gasteiger partial charge in [0.25, 0.3) is 0 Å². The largest absolute Gasteiger partial charge is 0.504 e. The van der Waals surface area contributed by atoms with Gasteiger partial charge in [-0.2, -0.15) is 0 Å². The van der Waals surface area contributed by atoms with Gasteiger partial charge in [-0.3, -0.25) is 4.90 Å². The maximum Gasteiger partial charge on any atom is 0.186 e. The summed E-state index contributed by atoms with van der Waals surface area (Å²) >= 11 is 1.75. The van der Waals surface area contributed by atoms with Crippen LogP contribution in [0.3, 0.4) is 0 Å². The number of para-hydroxylation sites is 1. The van der Waals surface area contributed by atoms with Crippen LogP contribution in [-0.2, 0) is 0 Å². The molecular weight excluding hydrogens is 474 g/mol. The summed E-state index contributed by atoms with van der Waals surface area (Å²) < 4.78 is 8.73. The van der Waals surface area contributed by atoms with Crippen molar-refractivity contribution < 1.29 is 9.84 Å². The van der Waals surface area contributed by atoms with E-state index in [1.807, 2.05) is 18.2 Å². The maximum atomic E-state index is 10.2. The van der Waals surface area contributed by atoms with E-state index in [9.17, 15) is 5.11 Å². The monoisotopic (exact) mass is 505 g/mol. The number of benzene rings is 2. The Morgan fingerprint density at radius 3 is 2.61 bits per heavy atom. The third-order valence-electron chi connectivity index (χ3n) is 7.44. The predicted octanol–water partition coefficient (Wildman–Crippen LogP) is 4.41. The molecule has 188 valence electrons. The first-order chi connectivity index (χ1) is 17.7. The van der Waals surface area contributed by atoms with Crippen LogP contribution in [0.15, 0.2) is 42.5 Å². The number of ether oxygens (including phenoxy) is 1. The number of phenols is 1. The van der Waals surface area contributed by atoms with Crippen molar-refractivity contribution in [2.75, 3.05) is 38.2 Å². The van der Waals surface area contributed by atoms with Gasteiger partial charge in [-0.25, -0.2) is 9.67 Å². The Morgan fingerprint density at radius 2 is 1.83 bits per heavy atom. The number of rotatable bonds is 6. The molecule has 0 amide bonds. The highest BCUT2D eigenvalue weighted by Gasteiger charge is 2.33. The van der Waals surface area contributed by atoms with Crippen LogP contribution in [0, 0.1) is 0 Å². The molecule has 9 nitrogen and oxygen atoms in total. The number of nitrogens with zero attached hydrogens (tertiary/aromatic N) is 7. The topological polar surface area (TPSA) is 92.4 Å². The van der Waals surface area contributed by atoms with Gasteiger partial charge in [0.15, 0.2) is 22.5 Å². The molecule has 0 bridgehead atoms. The highest BCUT2D eigenvalue weighted by atomic mass is 32.1. The second-order valence-corrected chi connectivity index (χ2v) is 10.6. The lowest BCUT2D eigenvalue weighted by Gasteiger charge is -2.39. The van der Waals surface area contributed by atoms with E-state index in [2.05, 4.69) is 48.2 Å². The average Bonchev–Trinajstić information content (AvgIpc) is 3.58. The first kappa shape index (κ1) is 23.2. The Hall–Kier alpha value is -3.24. The van der Waals surface area contributed by atoms with Gasteiger partial charge in [-0.15, -0.1) is 5.10 Å². The third kappa shape index (κ3) is 4.39. The number of hydrogen-bond acceptors (Lipinski definition) is 9. The summed E-state index contributed by atoms with van der Waals surface area (Å²) in [5.41, 5.74) is 2.07. The summed E-state index contributed by atoms with van der Waals surface area (Å²) in [6.07, 6.45) is 5.91. The van der Waals surface area contributed by atoms with Crippen LogP contribution in [0.25, 0.3) is 10.2 Å². The van der Waals surface area contributed by atoms with E-state index >= 15 is 0 Å². The van der Waals surface area contributed by atoms with Crippen LogP contribution in [0.4, 0.5) is 5.13 Å². The molecule has 0 unspecified atom stereocenters. The minimum Gasteiger partial charge on any atom is -0.504 e. The van der Waals surface area contributed by atoms with Crippen molar-refractivity contribution in [1.82, 2.24) is 30.1 Å². The molecule has 4 aromatic rings. The number of thiazole rings is 1. The number of aromatic hydroxyl groups is 1. The molecule has 1 aliphatic carbocycles. The minimum atomic E-state index is -0.131. The Bertz CT molecular complexity index is 1290. The first-order valence-electron chi connectivity index (χ1n) is 12.7. The highest BCUT2D eigenvalue weighted by Crippen LogP contribution is 2.37. The molecule has 0 spiro atoms. The molecule has 2 fully saturated rings. The standard InChI is InChI=1S/C26H31N7O2S/c1-35-22-17-18(11-12-21(22)34)24(25-28-29-30-33(25)19-7-3-2-4-8-19)31-13-15-32(16-14-31)26-27-20-9-5-6-10-23(20)36-26/h5-6,9-12,17,19,24,34H,2-4,7-8,13-16H2,1H3/t24-/m0/s1. The van der Waals surface area contributed by atoms with E-state index < -0.39 is 0 Å². The van der Waals surface area contributed by atoms with Crippen molar-refractivity contribution in [2.24, 2.45) is 0 Å². The van der Waals surface area contributed by atoms with E-state index in [1.165, 1.54) is 24.0 Å². The lowest BCUT2D eigenvalue weighted by atomic mass is 9.95. The Labute approximate surface area is 214 Å². The van der Waals surface area contributed by atoms with Crippen molar-refractivity contribution in [1.29, 1.82) is 0 Å². The van der Waals surface area contributed by atoms with Gasteiger partial charge in [-0.05, 0) is 53.1 Å². The van der Waals surface area contributed by atoms with Gasteiger partial charge in [0.05, 0.1) is 29.4 Å². The summed E-state index contributed by atoms with van der Waals surface area (Å²) in [5, 5.41) is 24.5. The molecule has 10 heteroatoms. The number of piperazine rings is 1. The van der Waals surface area contributed by atoms with Gasteiger partial charge < -0.3 is 14.7 Å². The molecule has 2 aromatic heterocycles. The Kier molecular flexibility index (Phi) is 6.45. The zero-order valence-electron chi connectivity index (χ0n) is 20.5. The predicted molar refractivity (Wildman–Crippen MR) is 140 cm³/mol. The molecule has 36 heavy (non-hydrogen) atoms. The maximum absolute atomic E-state index is 10.2.